The zero-order valence-corrected chi connectivity index (χ0v) is 16.1. The summed E-state index contributed by atoms with van der Waals surface area (Å²) in [5, 5.41) is 5.76. The van der Waals surface area contributed by atoms with Crippen LogP contribution in [0.15, 0.2) is 24.3 Å². The van der Waals surface area contributed by atoms with Gasteiger partial charge in [-0.05, 0) is 49.3 Å². The zero-order chi connectivity index (χ0) is 18.4. The van der Waals surface area contributed by atoms with Gasteiger partial charge in [0.2, 0.25) is 5.91 Å². The number of rotatable bonds is 6. The van der Waals surface area contributed by atoms with Crippen molar-refractivity contribution in [2.24, 2.45) is 11.7 Å². The van der Waals surface area contributed by atoms with Crippen molar-refractivity contribution in [1.82, 2.24) is 5.32 Å². The van der Waals surface area contributed by atoms with E-state index in [4.69, 9.17) is 15.2 Å². The van der Waals surface area contributed by atoms with Crippen LogP contribution in [0.4, 0.5) is 5.69 Å². The van der Waals surface area contributed by atoms with E-state index < -0.39 is 6.04 Å². The summed E-state index contributed by atoms with van der Waals surface area (Å²) in [6.07, 6.45) is 2.94. The Morgan fingerprint density at radius 3 is 2.67 bits per heavy atom. The van der Waals surface area contributed by atoms with E-state index in [1.54, 1.807) is 0 Å². The van der Waals surface area contributed by atoms with Gasteiger partial charge < -0.3 is 25.8 Å². The van der Waals surface area contributed by atoms with E-state index in [1.165, 1.54) is 0 Å². The van der Waals surface area contributed by atoms with Crippen LogP contribution in [0.5, 0.6) is 0 Å². The van der Waals surface area contributed by atoms with E-state index >= 15 is 0 Å². The number of hydrogen-bond acceptors (Lipinski definition) is 5. The van der Waals surface area contributed by atoms with Gasteiger partial charge >= 0.3 is 0 Å². The first-order chi connectivity index (χ1) is 12.6. The molecule has 2 saturated heterocycles. The molecular formula is C19H28ClN3O4. The summed E-state index contributed by atoms with van der Waals surface area (Å²) >= 11 is 0. The number of halogens is 1. The number of benzene rings is 1. The molecule has 4 N–H and O–H groups in total. The topological polar surface area (TPSA) is 103 Å². The zero-order valence-electron chi connectivity index (χ0n) is 15.3. The van der Waals surface area contributed by atoms with E-state index in [2.05, 4.69) is 10.6 Å². The van der Waals surface area contributed by atoms with E-state index in [0.717, 1.165) is 31.2 Å². The van der Waals surface area contributed by atoms with E-state index in [0.29, 0.717) is 32.1 Å². The predicted octanol–water partition coefficient (Wildman–Crippen LogP) is 1.60. The molecule has 0 aliphatic carbocycles. The number of ether oxygens (including phenoxy) is 2. The molecule has 2 aliphatic heterocycles. The quantitative estimate of drug-likeness (QED) is 0.676. The van der Waals surface area contributed by atoms with Crippen LogP contribution in [0.3, 0.4) is 0 Å². The summed E-state index contributed by atoms with van der Waals surface area (Å²) in [5.74, 6) is -0.100. The Balaban J connectivity index is 0.00000261. The maximum absolute atomic E-state index is 12.3. The lowest BCUT2D eigenvalue weighted by molar-refractivity contribution is -0.125. The van der Waals surface area contributed by atoms with Crippen LogP contribution in [0.25, 0.3) is 0 Å². The lowest BCUT2D eigenvalue weighted by Gasteiger charge is -2.26. The highest BCUT2D eigenvalue weighted by atomic mass is 35.5. The highest BCUT2D eigenvalue weighted by Gasteiger charge is 2.26. The molecule has 2 fully saturated rings. The fourth-order valence-electron chi connectivity index (χ4n) is 3.36. The Labute approximate surface area is 165 Å². The van der Waals surface area contributed by atoms with Gasteiger partial charge in [0.15, 0.2) is 0 Å². The summed E-state index contributed by atoms with van der Waals surface area (Å²) in [5.41, 5.74) is 7.69. The molecule has 2 aliphatic rings. The lowest BCUT2D eigenvalue weighted by atomic mass is 9.92. The van der Waals surface area contributed by atoms with Crippen molar-refractivity contribution in [3.8, 4) is 0 Å². The molecule has 0 spiro atoms. The third-order valence-corrected chi connectivity index (χ3v) is 4.96. The van der Waals surface area contributed by atoms with E-state index in [-0.39, 0.29) is 36.2 Å². The van der Waals surface area contributed by atoms with Crippen molar-refractivity contribution >= 4 is 29.9 Å². The molecule has 2 atom stereocenters. The van der Waals surface area contributed by atoms with Gasteiger partial charge in [0.25, 0.3) is 5.91 Å². The van der Waals surface area contributed by atoms with Crippen LogP contribution in [0, 0.1) is 5.92 Å². The number of carbonyl (C=O) groups excluding carboxylic acids is 2. The van der Waals surface area contributed by atoms with Gasteiger partial charge in [0, 0.05) is 32.1 Å². The van der Waals surface area contributed by atoms with Crippen molar-refractivity contribution in [3.05, 3.63) is 29.8 Å². The molecule has 1 aromatic rings. The Morgan fingerprint density at radius 2 is 1.96 bits per heavy atom. The van der Waals surface area contributed by atoms with Gasteiger partial charge in [-0.15, -0.1) is 12.4 Å². The van der Waals surface area contributed by atoms with Crippen LogP contribution in [-0.2, 0) is 25.6 Å². The highest BCUT2D eigenvalue weighted by molar-refractivity contribution is 5.94. The minimum absolute atomic E-state index is 0. The smallest absolute Gasteiger partial charge is 0.253 e. The first kappa shape index (κ1) is 21.6. The molecule has 0 radical (unpaired) electrons. The number of carbonyl (C=O) groups is 2. The molecular weight excluding hydrogens is 370 g/mol. The van der Waals surface area contributed by atoms with Crippen LogP contribution in [-0.4, -0.2) is 43.8 Å². The van der Waals surface area contributed by atoms with E-state index in [9.17, 15) is 9.59 Å². The number of amides is 2. The van der Waals surface area contributed by atoms with Gasteiger partial charge in [-0.3, -0.25) is 9.59 Å². The molecule has 27 heavy (non-hydrogen) atoms. The monoisotopic (exact) mass is 397 g/mol. The summed E-state index contributed by atoms with van der Waals surface area (Å²) in [6.45, 7) is 2.34. The first-order valence-corrected chi connectivity index (χ1v) is 9.26. The average molecular weight is 398 g/mol. The molecule has 0 aromatic heterocycles. The maximum atomic E-state index is 12.3. The third kappa shape index (κ3) is 6.17. The second-order valence-electron chi connectivity index (χ2n) is 6.88. The van der Waals surface area contributed by atoms with Gasteiger partial charge in [-0.2, -0.15) is 0 Å². The Bertz CT molecular complexity index is 631. The van der Waals surface area contributed by atoms with Crippen molar-refractivity contribution in [1.29, 1.82) is 0 Å². The normalized spacial score (nSPS) is 21.1. The molecule has 8 heteroatoms. The summed E-state index contributed by atoms with van der Waals surface area (Å²) in [4.78, 5) is 24.4. The second-order valence-corrected chi connectivity index (χ2v) is 6.88. The number of anilines is 1. The van der Waals surface area contributed by atoms with Crippen LogP contribution >= 0.6 is 12.4 Å². The highest BCUT2D eigenvalue weighted by Crippen LogP contribution is 2.18. The van der Waals surface area contributed by atoms with E-state index in [1.807, 2.05) is 24.3 Å². The van der Waals surface area contributed by atoms with Crippen LogP contribution in [0.1, 0.15) is 31.2 Å². The summed E-state index contributed by atoms with van der Waals surface area (Å²) < 4.78 is 10.7. The average Bonchev–Trinajstić information content (AvgIpc) is 3.21. The Morgan fingerprint density at radius 1 is 1.19 bits per heavy atom. The summed E-state index contributed by atoms with van der Waals surface area (Å²) in [7, 11) is 0. The molecule has 2 amide bonds. The van der Waals surface area contributed by atoms with Crippen molar-refractivity contribution < 1.29 is 19.1 Å². The van der Waals surface area contributed by atoms with Gasteiger partial charge in [0.05, 0.1) is 6.04 Å². The minimum Gasteiger partial charge on any atom is -0.381 e. The molecule has 0 bridgehead atoms. The fraction of sp³-hybridized carbons (Fsp3) is 0.579. The maximum Gasteiger partial charge on any atom is 0.253 e. The SMILES string of the molecule is Cl.NC(C(=O)NCc1cccc(NC(=O)C2CCCO2)c1)C1CCOCC1. The summed E-state index contributed by atoms with van der Waals surface area (Å²) in [6, 6.07) is 6.92. The molecule has 3 rings (SSSR count). The fourth-order valence-corrected chi connectivity index (χ4v) is 3.36. The standard InChI is InChI=1S/C19H27N3O4.ClH/c20-17(14-6-9-25-10-7-14)19(24)21-12-13-3-1-4-15(11-13)22-18(23)16-5-2-8-26-16;/h1,3-4,11,14,16-17H,2,5-10,12,20H2,(H,21,24)(H,22,23);1H. The minimum atomic E-state index is -0.513. The molecule has 150 valence electrons. The Kier molecular flexibility index (Phi) is 8.50. The van der Waals surface area contributed by atoms with Crippen LogP contribution < -0.4 is 16.4 Å². The molecule has 2 heterocycles. The molecule has 1 aromatic carbocycles. The number of nitrogens with one attached hydrogen (secondary N) is 2. The van der Waals surface area contributed by atoms with Crippen molar-refractivity contribution in [2.45, 2.75) is 44.4 Å². The molecule has 0 saturated carbocycles. The lowest BCUT2D eigenvalue weighted by Crippen LogP contribution is -2.46. The number of nitrogens with two attached hydrogens (primary N) is 1. The van der Waals surface area contributed by atoms with Gasteiger partial charge in [0.1, 0.15) is 6.10 Å². The molecule has 2 unspecified atom stereocenters. The second kappa shape index (κ2) is 10.6. The first-order valence-electron chi connectivity index (χ1n) is 9.26. The van der Waals surface area contributed by atoms with Crippen LogP contribution in [0.2, 0.25) is 0 Å². The Hall–Kier alpha value is -1.67. The molecule has 7 nitrogen and oxygen atoms in total. The van der Waals surface area contributed by atoms with Crippen molar-refractivity contribution in [3.63, 3.8) is 0 Å². The number of hydrogen-bond donors (Lipinski definition) is 3. The van der Waals surface area contributed by atoms with Gasteiger partial charge in [-0.1, -0.05) is 12.1 Å². The predicted molar refractivity (Wildman–Crippen MR) is 105 cm³/mol. The third-order valence-electron chi connectivity index (χ3n) is 4.96. The van der Waals surface area contributed by atoms with Crippen molar-refractivity contribution in [2.75, 3.05) is 25.1 Å². The largest absolute Gasteiger partial charge is 0.381 e. The van der Waals surface area contributed by atoms with Gasteiger partial charge in [-0.25, -0.2) is 0 Å².